The molecule has 0 aromatic heterocycles. The molecule has 2 saturated carbocycles. The number of hydrogen-bond donors (Lipinski definition) is 1. The zero-order valence-electron chi connectivity index (χ0n) is 12.0. The number of thioether (sulfide) groups is 1. The topological polar surface area (TPSA) is 12.0 Å². The fourth-order valence-corrected chi connectivity index (χ4v) is 4.08. The Morgan fingerprint density at radius 2 is 2.00 bits per heavy atom. The van der Waals surface area contributed by atoms with E-state index in [0.29, 0.717) is 4.75 Å². The molecule has 2 aliphatic rings. The molecule has 0 radical (unpaired) electrons. The quantitative estimate of drug-likeness (QED) is 0.799. The SMILES string of the molecule is CSC1(CNC2CC(C)CCC2C(C)C)CC1. The summed E-state index contributed by atoms with van der Waals surface area (Å²) in [5.41, 5.74) is 0. The molecule has 3 unspecified atom stereocenters. The van der Waals surface area contributed by atoms with Crippen molar-refractivity contribution >= 4 is 11.8 Å². The fourth-order valence-electron chi connectivity index (χ4n) is 3.35. The summed E-state index contributed by atoms with van der Waals surface area (Å²) in [5, 5.41) is 3.92. The van der Waals surface area contributed by atoms with Crippen molar-refractivity contribution in [2.24, 2.45) is 17.8 Å². The van der Waals surface area contributed by atoms with Crippen LogP contribution in [0.15, 0.2) is 0 Å². The predicted molar refractivity (Wildman–Crippen MR) is 78.6 cm³/mol. The van der Waals surface area contributed by atoms with Gasteiger partial charge in [0, 0.05) is 17.3 Å². The molecule has 0 aliphatic heterocycles. The first-order valence-electron chi connectivity index (χ1n) is 7.35. The van der Waals surface area contributed by atoms with Crippen LogP contribution in [0.3, 0.4) is 0 Å². The van der Waals surface area contributed by atoms with Crippen LogP contribution in [-0.2, 0) is 0 Å². The Bertz CT molecular complexity index is 247. The smallest absolute Gasteiger partial charge is 0.0282 e. The summed E-state index contributed by atoms with van der Waals surface area (Å²) < 4.78 is 0.613. The van der Waals surface area contributed by atoms with Crippen LogP contribution >= 0.6 is 11.8 Å². The number of hydrogen-bond acceptors (Lipinski definition) is 2. The lowest BCUT2D eigenvalue weighted by Crippen LogP contribution is -2.45. The minimum absolute atomic E-state index is 0.613. The molecule has 2 heteroatoms. The van der Waals surface area contributed by atoms with Gasteiger partial charge in [-0.3, -0.25) is 0 Å². The molecule has 0 bridgehead atoms. The predicted octanol–water partition coefficient (Wildman–Crippen LogP) is 3.93. The van der Waals surface area contributed by atoms with E-state index < -0.39 is 0 Å². The third kappa shape index (κ3) is 3.41. The first-order chi connectivity index (χ1) is 8.06. The molecular weight excluding hydrogens is 226 g/mol. The summed E-state index contributed by atoms with van der Waals surface area (Å²) in [6.45, 7) is 8.47. The van der Waals surface area contributed by atoms with E-state index in [1.165, 1.54) is 38.6 Å². The Kier molecular flexibility index (Phi) is 4.46. The van der Waals surface area contributed by atoms with E-state index in [9.17, 15) is 0 Å². The van der Waals surface area contributed by atoms with Crippen molar-refractivity contribution in [1.82, 2.24) is 5.32 Å². The number of nitrogens with one attached hydrogen (secondary N) is 1. The van der Waals surface area contributed by atoms with Crippen molar-refractivity contribution in [2.45, 2.75) is 63.7 Å². The summed E-state index contributed by atoms with van der Waals surface area (Å²) in [5.74, 6) is 2.67. The van der Waals surface area contributed by atoms with E-state index in [1.54, 1.807) is 0 Å². The monoisotopic (exact) mass is 255 g/mol. The zero-order chi connectivity index (χ0) is 12.5. The van der Waals surface area contributed by atoms with E-state index in [2.05, 4.69) is 44.1 Å². The van der Waals surface area contributed by atoms with Crippen molar-refractivity contribution < 1.29 is 0 Å². The Labute approximate surface area is 112 Å². The standard InChI is InChI=1S/C15H29NS/c1-11(2)13-6-5-12(3)9-14(13)16-10-15(17-4)7-8-15/h11-14,16H,5-10H2,1-4H3. The van der Waals surface area contributed by atoms with Crippen LogP contribution in [0.4, 0.5) is 0 Å². The van der Waals surface area contributed by atoms with Gasteiger partial charge in [-0.2, -0.15) is 11.8 Å². The molecule has 0 aromatic rings. The highest BCUT2D eigenvalue weighted by molar-refractivity contribution is 8.00. The average molecular weight is 255 g/mol. The van der Waals surface area contributed by atoms with Gasteiger partial charge < -0.3 is 5.32 Å². The molecule has 2 fully saturated rings. The van der Waals surface area contributed by atoms with E-state index in [4.69, 9.17) is 0 Å². The van der Waals surface area contributed by atoms with E-state index in [1.807, 2.05) is 0 Å². The second kappa shape index (κ2) is 5.52. The minimum atomic E-state index is 0.613. The van der Waals surface area contributed by atoms with Crippen molar-refractivity contribution in [3.63, 3.8) is 0 Å². The molecule has 1 N–H and O–H groups in total. The van der Waals surface area contributed by atoms with Crippen LogP contribution in [0.1, 0.15) is 52.9 Å². The first-order valence-corrected chi connectivity index (χ1v) is 8.57. The highest BCUT2D eigenvalue weighted by Crippen LogP contribution is 2.47. The van der Waals surface area contributed by atoms with Gasteiger partial charge in [-0.15, -0.1) is 0 Å². The minimum Gasteiger partial charge on any atom is -0.312 e. The summed E-state index contributed by atoms with van der Waals surface area (Å²) in [7, 11) is 0. The van der Waals surface area contributed by atoms with Gasteiger partial charge in [-0.1, -0.05) is 27.2 Å². The van der Waals surface area contributed by atoms with Gasteiger partial charge in [0.05, 0.1) is 0 Å². The van der Waals surface area contributed by atoms with Gasteiger partial charge in [-0.25, -0.2) is 0 Å². The van der Waals surface area contributed by atoms with Crippen LogP contribution in [0, 0.1) is 17.8 Å². The van der Waals surface area contributed by atoms with Crippen molar-refractivity contribution in [3.8, 4) is 0 Å². The van der Waals surface area contributed by atoms with Crippen LogP contribution in [-0.4, -0.2) is 23.6 Å². The maximum absolute atomic E-state index is 3.92. The van der Waals surface area contributed by atoms with Crippen LogP contribution in [0.25, 0.3) is 0 Å². The molecule has 0 amide bonds. The zero-order valence-corrected chi connectivity index (χ0v) is 12.8. The molecule has 3 atom stereocenters. The molecule has 100 valence electrons. The third-order valence-electron chi connectivity index (χ3n) is 4.95. The van der Waals surface area contributed by atoms with E-state index in [-0.39, 0.29) is 0 Å². The van der Waals surface area contributed by atoms with Crippen LogP contribution in [0.5, 0.6) is 0 Å². The van der Waals surface area contributed by atoms with E-state index in [0.717, 1.165) is 23.8 Å². The van der Waals surface area contributed by atoms with Gasteiger partial charge in [0.2, 0.25) is 0 Å². The fraction of sp³-hybridized carbons (Fsp3) is 1.00. The lowest BCUT2D eigenvalue weighted by atomic mass is 9.74. The Hall–Kier alpha value is 0.310. The molecule has 0 heterocycles. The molecule has 2 aliphatic carbocycles. The third-order valence-corrected chi connectivity index (χ3v) is 6.37. The molecule has 2 rings (SSSR count). The second-order valence-corrected chi connectivity index (χ2v) is 7.97. The van der Waals surface area contributed by atoms with Gasteiger partial charge in [0.1, 0.15) is 0 Å². The molecule has 0 aromatic carbocycles. The van der Waals surface area contributed by atoms with Crippen molar-refractivity contribution in [2.75, 3.05) is 12.8 Å². The lowest BCUT2D eigenvalue weighted by molar-refractivity contribution is 0.170. The Morgan fingerprint density at radius 1 is 1.29 bits per heavy atom. The molecule has 0 spiro atoms. The van der Waals surface area contributed by atoms with Crippen molar-refractivity contribution in [1.29, 1.82) is 0 Å². The normalized spacial score (nSPS) is 36.2. The van der Waals surface area contributed by atoms with Gasteiger partial charge >= 0.3 is 0 Å². The largest absolute Gasteiger partial charge is 0.312 e. The molecule has 0 saturated heterocycles. The summed E-state index contributed by atoms with van der Waals surface area (Å²) >= 11 is 2.07. The van der Waals surface area contributed by atoms with E-state index >= 15 is 0 Å². The highest BCUT2D eigenvalue weighted by Gasteiger charge is 2.42. The number of rotatable bonds is 5. The maximum Gasteiger partial charge on any atom is 0.0282 e. The van der Waals surface area contributed by atoms with Crippen LogP contribution < -0.4 is 5.32 Å². The Balaban J connectivity index is 1.86. The molecular formula is C15H29NS. The van der Waals surface area contributed by atoms with Crippen molar-refractivity contribution in [3.05, 3.63) is 0 Å². The maximum atomic E-state index is 3.92. The van der Waals surface area contributed by atoms with Gasteiger partial charge in [-0.05, 0) is 49.7 Å². The summed E-state index contributed by atoms with van der Waals surface area (Å²) in [6, 6.07) is 0.781. The summed E-state index contributed by atoms with van der Waals surface area (Å²) in [6.07, 6.45) is 9.40. The van der Waals surface area contributed by atoms with Gasteiger partial charge in [0.25, 0.3) is 0 Å². The Morgan fingerprint density at radius 3 is 2.53 bits per heavy atom. The molecule has 17 heavy (non-hydrogen) atoms. The molecule has 1 nitrogen and oxygen atoms in total. The van der Waals surface area contributed by atoms with Crippen LogP contribution in [0.2, 0.25) is 0 Å². The summed E-state index contributed by atoms with van der Waals surface area (Å²) in [4.78, 5) is 0. The van der Waals surface area contributed by atoms with Gasteiger partial charge in [0.15, 0.2) is 0 Å². The lowest BCUT2D eigenvalue weighted by Gasteiger charge is -2.38. The first kappa shape index (κ1) is 13.7. The average Bonchev–Trinajstić information content (AvgIpc) is 3.07. The highest BCUT2D eigenvalue weighted by atomic mass is 32.2. The second-order valence-electron chi connectivity index (χ2n) is 6.70.